The van der Waals surface area contributed by atoms with E-state index in [4.69, 9.17) is 11.6 Å². The van der Waals surface area contributed by atoms with Gasteiger partial charge in [0, 0.05) is 30.8 Å². The Labute approximate surface area is 118 Å². The van der Waals surface area contributed by atoms with Crippen molar-refractivity contribution < 1.29 is 9.90 Å². The van der Waals surface area contributed by atoms with E-state index in [1.165, 1.54) is 0 Å². The molecule has 4 nitrogen and oxygen atoms in total. The zero-order valence-corrected chi connectivity index (χ0v) is 12.2. The van der Waals surface area contributed by atoms with Gasteiger partial charge >= 0.3 is 0 Å². The number of carbonyl (C=O) groups excluding carboxylic acids is 1. The summed E-state index contributed by atoms with van der Waals surface area (Å²) in [7, 11) is 0. The van der Waals surface area contributed by atoms with E-state index in [0.29, 0.717) is 10.7 Å². The standard InChI is InChI=1S/C14H21ClN2O2/c1-9(2)17-7-11(15)6-13(17)14(19)16-12-5-3-4-10(12)8-18/h6-7,9-10,12,18H,3-5,8H2,1-2H3,(H,16,19). The Bertz CT molecular complexity index is 456. The molecule has 1 aliphatic carbocycles. The lowest BCUT2D eigenvalue weighted by Crippen LogP contribution is -2.39. The first-order valence-corrected chi connectivity index (χ1v) is 7.19. The van der Waals surface area contributed by atoms with E-state index in [1.807, 2.05) is 18.4 Å². The summed E-state index contributed by atoms with van der Waals surface area (Å²) >= 11 is 5.99. The summed E-state index contributed by atoms with van der Waals surface area (Å²) in [6, 6.07) is 1.96. The van der Waals surface area contributed by atoms with Gasteiger partial charge in [-0.15, -0.1) is 0 Å². The van der Waals surface area contributed by atoms with Gasteiger partial charge in [-0.2, -0.15) is 0 Å². The van der Waals surface area contributed by atoms with Crippen LogP contribution >= 0.6 is 11.6 Å². The molecule has 1 fully saturated rings. The molecule has 19 heavy (non-hydrogen) atoms. The number of nitrogens with one attached hydrogen (secondary N) is 1. The monoisotopic (exact) mass is 284 g/mol. The lowest BCUT2D eigenvalue weighted by atomic mass is 10.1. The first-order chi connectivity index (χ1) is 9.02. The van der Waals surface area contributed by atoms with Gasteiger partial charge in [-0.25, -0.2) is 0 Å². The quantitative estimate of drug-likeness (QED) is 0.893. The Balaban J connectivity index is 2.11. The molecule has 1 aliphatic rings. The summed E-state index contributed by atoms with van der Waals surface area (Å²) < 4.78 is 1.88. The van der Waals surface area contributed by atoms with Crippen molar-refractivity contribution in [3.8, 4) is 0 Å². The summed E-state index contributed by atoms with van der Waals surface area (Å²) in [6.07, 6.45) is 4.75. The lowest BCUT2D eigenvalue weighted by Gasteiger charge is -2.20. The second-order valence-corrected chi connectivity index (χ2v) is 5.93. The van der Waals surface area contributed by atoms with Crippen molar-refractivity contribution in [2.45, 2.75) is 45.2 Å². The summed E-state index contributed by atoms with van der Waals surface area (Å²) in [6.45, 7) is 4.16. The zero-order chi connectivity index (χ0) is 14.0. The number of aliphatic hydroxyl groups excluding tert-OH is 1. The van der Waals surface area contributed by atoms with Crippen LogP contribution in [0.5, 0.6) is 0 Å². The van der Waals surface area contributed by atoms with Crippen molar-refractivity contribution in [2.75, 3.05) is 6.61 Å². The number of halogens is 1. The molecule has 0 saturated heterocycles. The molecule has 106 valence electrons. The normalized spacial score (nSPS) is 23.0. The fourth-order valence-corrected chi connectivity index (χ4v) is 2.95. The summed E-state index contributed by atoms with van der Waals surface area (Å²) in [4.78, 5) is 12.3. The molecule has 2 N–H and O–H groups in total. The third-order valence-corrected chi connectivity index (χ3v) is 4.02. The lowest BCUT2D eigenvalue weighted by molar-refractivity contribution is 0.0905. The highest BCUT2D eigenvalue weighted by molar-refractivity contribution is 6.31. The highest BCUT2D eigenvalue weighted by Gasteiger charge is 2.29. The van der Waals surface area contributed by atoms with Crippen molar-refractivity contribution in [1.29, 1.82) is 0 Å². The van der Waals surface area contributed by atoms with Crippen LogP contribution in [0.4, 0.5) is 0 Å². The Morgan fingerprint density at radius 1 is 1.58 bits per heavy atom. The van der Waals surface area contributed by atoms with E-state index in [2.05, 4.69) is 5.32 Å². The van der Waals surface area contributed by atoms with E-state index in [1.54, 1.807) is 12.3 Å². The molecule has 0 bridgehead atoms. The predicted octanol–water partition coefficient (Wildman–Crippen LogP) is 2.61. The first kappa shape index (κ1) is 14.4. The topological polar surface area (TPSA) is 54.3 Å². The minimum Gasteiger partial charge on any atom is -0.396 e. The molecule has 1 aromatic heterocycles. The molecule has 5 heteroatoms. The van der Waals surface area contributed by atoms with Gasteiger partial charge in [0.25, 0.3) is 5.91 Å². The highest BCUT2D eigenvalue weighted by atomic mass is 35.5. The Hall–Kier alpha value is -1.00. The average molecular weight is 285 g/mol. The fraction of sp³-hybridized carbons (Fsp3) is 0.643. The number of nitrogens with zero attached hydrogens (tertiary/aromatic N) is 1. The van der Waals surface area contributed by atoms with E-state index in [-0.39, 0.29) is 30.5 Å². The van der Waals surface area contributed by atoms with Gasteiger partial charge in [-0.3, -0.25) is 4.79 Å². The predicted molar refractivity (Wildman–Crippen MR) is 75.5 cm³/mol. The molecule has 0 spiro atoms. The molecule has 2 rings (SSSR count). The zero-order valence-electron chi connectivity index (χ0n) is 11.4. The minimum absolute atomic E-state index is 0.0757. The fourth-order valence-electron chi connectivity index (χ4n) is 2.74. The van der Waals surface area contributed by atoms with Crippen molar-refractivity contribution in [1.82, 2.24) is 9.88 Å². The number of rotatable bonds is 4. The van der Waals surface area contributed by atoms with Crippen LogP contribution in [0.3, 0.4) is 0 Å². The second-order valence-electron chi connectivity index (χ2n) is 5.50. The van der Waals surface area contributed by atoms with Crippen LogP contribution in [0.25, 0.3) is 0 Å². The van der Waals surface area contributed by atoms with Crippen molar-refractivity contribution >= 4 is 17.5 Å². The van der Waals surface area contributed by atoms with Crippen LogP contribution in [0.15, 0.2) is 12.3 Å². The molecule has 1 heterocycles. The van der Waals surface area contributed by atoms with Crippen LogP contribution in [-0.4, -0.2) is 28.2 Å². The number of amides is 1. The van der Waals surface area contributed by atoms with Crippen LogP contribution in [-0.2, 0) is 0 Å². The van der Waals surface area contributed by atoms with Crippen molar-refractivity contribution in [2.24, 2.45) is 5.92 Å². The molecule has 1 amide bonds. The minimum atomic E-state index is -0.106. The van der Waals surface area contributed by atoms with E-state index < -0.39 is 0 Å². The Morgan fingerprint density at radius 2 is 2.32 bits per heavy atom. The first-order valence-electron chi connectivity index (χ1n) is 6.82. The van der Waals surface area contributed by atoms with Crippen LogP contribution in [0, 0.1) is 5.92 Å². The Kier molecular flexibility index (Phi) is 4.53. The average Bonchev–Trinajstić information content (AvgIpc) is 2.95. The highest BCUT2D eigenvalue weighted by Crippen LogP contribution is 2.26. The molecule has 2 unspecified atom stereocenters. The van der Waals surface area contributed by atoms with Gasteiger partial charge in [0.15, 0.2) is 0 Å². The van der Waals surface area contributed by atoms with Crippen molar-refractivity contribution in [3.63, 3.8) is 0 Å². The van der Waals surface area contributed by atoms with Crippen LogP contribution < -0.4 is 5.32 Å². The second kappa shape index (κ2) is 5.97. The van der Waals surface area contributed by atoms with Crippen LogP contribution in [0.1, 0.15) is 49.6 Å². The maximum atomic E-state index is 12.3. The maximum absolute atomic E-state index is 12.3. The molecule has 0 aromatic carbocycles. The molecule has 0 radical (unpaired) electrons. The molecule has 1 aromatic rings. The summed E-state index contributed by atoms with van der Waals surface area (Å²) in [5, 5.41) is 12.9. The van der Waals surface area contributed by atoms with E-state index in [9.17, 15) is 9.90 Å². The van der Waals surface area contributed by atoms with Gasteiger partial charge in [-0.05, 0) is 32.8 Å². The van der Waals surface area contributed by atoms with Crippen molar-refractivity contribution in [3.05, 3.63) is 23.0 Å². The molecular weight excluding hydrogens is 264 g/mol. The van der Waals surface area contributed by atoms with Gasteiger partial charge in [0.2, 0.25) is 0 Å². The number of carbonyl (C=O) groups is 1. The van der Waals surface area contributed by atoms with Crippen LogP contribution in [0.2, 0.25) is 5.02 Å². The number of aromatic nitrogens is 1. The number of aliphatic hydroxyl groups is 1. The molecule has 1 saturated carbocycles. The number of hydrogen-bond donors (Lipinski definition) is 2. The Morgan fingerprint density at radius 3 is 2.95 bits per heavy atom. The maximum Gasteiger partial charge on any atom is 0.268 e. The molecular formula is C14H21ClN2O2. The smallest absolute Gasteiger partial charge is 0.268 e. The van der Waals surface area contributed by atoms with E-state index in [0.717, 1.165) is 19.3 Å². The molecule has 2 atom stereocenters. The largest absolute Gasteiger partial charge is 0.396 e. The van der Waals surface area contributed by atoms with E-state index >= 15 is 0 Å². The number of hydrogen-bond acceptors (Lipinski definition) is 2. The van der Waals surface area contributed by atoms with Gasteiger partial charge in [0.05, 0.1) is 5.02 Å². The summed E-state index contributed by atoms with van der Waals surface area (Å²) in [5.41, 5.74) is 0.587. The van der Waals surface area contributed by atoms with Gasteiger partial charge in [-0.1, -0.05) is 18.0 Å². The summed E-state index contributed by atoms with van der Waals surface area (Å²) in [5.74, 6) is 0.0767. The van der Waals surface area contributed by atoms with Gasteiger partial charge < -0.3 is 15.0 Å². The van der Waals surface area contributed by atoms with Gasteiger partial charge in [0.1, 0.15) is 5.69 Å². The SMILES string of the molecule is CC(C)n1cc(Cl)cc1C(=O)NC1CCCC1CO. The molecule has 0 aliphatic heterocycles. The third-order valence-electron chi connectivity index (χ3n) is 3.81. The third kappa shape index (κ3) is 3.12.